The van der Waals surface area contributed by atoms with Gasteiger partial charge in [0.2, 0.25) is 0 Å². The maximum absolute atomic E-state index is 12.6. The summed E-state index contributed by atoms with van der Waals surface area (Å²) >= 11 is 0. The highest BCUT2D eigenvalue weighted by molar-refractivity contribution is 5.92. The van der Waals surface area contributed by atoms with Crippen LogP contribution in [0.2, 0.25) is 0 Å². The molecule has 0 fully saturated rings. The van der Waals surface area contributed by atoms with Gasteiger partial charge in [0.05, 0.1) is 6.20 Å². The molecule has 1 aromatic heterocycles. The van der Waals surface area contributed by atoms with E-state index in [4.69, 9.17) is 5.11 Å². The minimum absolute atomic E-state index is 0.00980. The van der Waals surface area contributed by atoms with Crippen LogP contribution in [0.1, 0.15) is 30.8 Å². The van der Waals surface area contributed by atoms with Gasteiger partial charge in [-0.05, 0) is 32.4 Å². The summed E-state index contributed by atoms with van der Waals surface area (Å²) in [5, 5.41) is 11.5. The maximum atomic E-state index is 12.6. The Morgan fingerprint density at radius 2 is 2.25 bits per heavy atom. The molecule has 16 heavy (non-hydrogen) atoms. The molecule has 0 aliphatic carbocycles. The molecule has 0 aliphatic rings. The van der Waals surface area contributed by atoms with E-state index in [1.54, 1.807) is 13.8 Å². The van der Waals surface area contributed by atoms with Crippen molar-refractivity contribution in [1.82, 2.24) is 10.3 Å². The molecule has 1 heterocycles. The van der Waals surface area contributed by atoms with E-state index >= 15 is 0 Å². The smallest absolute Gasteiger partial charge is 0.270 e. The first-order chi connectivity index (χ1) is 7.44. The normalized spacial score (nSPS) is 11.2. The Hall–Kier alpha value is -1.49. The van der Waals surface area contributed by atoms with Crippen LogP contribution < -0.4 is 5.32 Å². The van der Waals surface area contributed by atoms with Crippen molar-refractivity contribution in [2.75, 3.05) is 6.61 Å². The average Bonchev–Trinajstić information content (AvgIpc) is 2.17. The molecule has 0 bridgehead atoms. The van der Waals surface area contributed by atoms with E-state index in [9.17, 15) is 9.18 Å². The van der Waals surface area contributed by atoms with Gasteiger partial charge in [0, 0.05) is 12.1 Å². The number of amides is 1. The van der Waals surface area contributed by atoms with Crippen LogP contribution in [0.25, 0.3) is 0 Å². The maximum Gasteiger partial charge on any atom is 0.270 e. The van der Waals surface area contributed by atoms with Crippen LogP contribution in [0.15, 0.2) is 18.3 Å². The lowest BCUT2D eigenvalue weighted by molar-refractivity contribution is 0.0894. The number of nitrogens with zero attached hydrogens (tertiary/aromatic N) is 1. The van der Waals surface area contributed by atoms with Gasteiger partial charge in [-0.25, -0.2) is 9.37 Å². The summed E-state index contributed by atoms with van der Waals surface area (Å²) in [7, 11) is 0. The van der Waals surface area contributed by atoms with Gasteiger partial charge in [-0.1, -0.05) is 0 Å². The fourth-order valence-corrected chi connectivity index (χ4v) is 1.22. The van der Waals surface area contributed by atoms with Crippen LogP contribution in [0.3, 0.4) is 0 Å². The van der Waals surface area contributed by atoms with E-state index in [1.165, 1.54) is 12.1 Å². The molecule has 0 saturated heterocycles. The molecular formula is C11H15FN2O2. The third-order valence-electron chi connectivity index (χ3n) is 2.15. The number of aliphatic hydroxyl groups is 1. The predicted molar refractivity (Wildman–Crippen MR) is 57.4 cm³/mol. The van der Waals surface area contributed by atoms with Crippen molar-refractivity contribution in [1.29, 1.82) is 0 Å². The Bertz CT molecular complexity index is 363. The molecule has 5 heteroatoms. The minimum atomic E-state index is -0.512. The fraction of sp³-hybridized carbons (Fsp3) is 0.455. The quantitative estimate of drug-likeness (QED) is 0.808. The predicted octanol–water partition coefficient (Wildman–Crippen LogP) is 1.11. The first-order valence-corrected chi connectivity index (χ1v) is 4.99. The highest BCUT2D eigenvalue weighted by Crippen LogP contribution is 2.08. The second-order valence-corrected chi connectivity index (χ2v) is 4.17. The summed E-state index contributed by atoms with van der Waals surface area (Å²) in [4.78, 5) is 15.3. The third-order valence-corrected chi connectivity index (χ3v) is 2.15. The zero-order chi connectivity index (χ0) is 12.2. The van der Waals surface area contributed by atoms with Crippen molar-refractivity contribution < 1.29 is 14.3 Å². The van der Waals surface area contributed by atoms with Gasteiger partial charge in [0.25, 0.3) is 5.91 Å². The number of hydrogen-bond donors (Lipinski definition) is 2. The molecule has 0 saturated carbocycles. The number of aliphatic hydroxyl groups excluding tert-OH is 1. The van der Waals surface area contributed by atoms with Gasteiger partial charge < -0.3 is 10.4 Å². The molecule has 0 aromatic carbocycles. The van der Waals surface area contributed by atoms with E-state index < -0.39 is 11.4 Å². The molecule has 0 spiro atoms. The Balaban J connectivity index is 2.69. The number of carbonyl (C=O) groups excluding carboxylic acids is 1. The Morgan fingerprint density at radius 3 is 2.75 bits per heavy atom. The lowest BCUT2D eigenvalue weighted by atomic mass is 10.0. The highest BCUT2D eigenvalue weighted by Gasteiger charge is 2.20. The minimum Gasteiger partial charge on any atom is -0.396 e. The van der Waals surface area contributed by atoms with Gasteiger partial charge in [-0.15, -0.1) is 0 Å². The standard InChI is InChI=1S/C11H15FN2O2/c1-11(2,5-6-15)14-10(16)9-4-3-8(12)7-13-9/h3-4,7,15H,5-6H2,1-2H3,(H,14,16). The Morgan fingerprint density at radius 1 is 1.56 bits per heavy atom. The molecule has 2 N–H and O–H groups in total. The van der Waals surface area contributed by atoms with Crippen molar-refractivity contribution in [3.8, 4) is 0 Å². The largest absolute Gasteiger partial charge is 0.396 e. The first-order valence-electron chi connectivity index (χ1n) is 4.99. The summed E-state index contributed by atoms with van der Waals surface area (Å²) < 4.78 is 12.6. The first kappa shape index (κ1) is 12.6. The molecule has 1 amide bonds. The molecular weight excluding hydrogens is 211 g/mol. The van der Waals surface area contributed by atoms with Crippen LogP contribution in [0.4, 0.5) is 4.39 Å². The van der Waals surface area contributed by atoms with E-state index in [2.05, 4.69) is 10.3 Å². The van der Waals surface area contributed by atoms with Crippen LogP contribution >= 0.6 is 0 Å². The number of hydrogen-bond acceptors (Lipinski definition) is 3. The zero-order valence-corrected chi connectivity index (χ0v) is 9.33. The monoisotopic (exact) mass is 226 g/mol. The highest BCUT2D eigenvalue weighted by atomic mass is 19.1. The molecule has 0 aliphatic heterocycles. The summed E-state index contributed by atoms with van der Waals surface area (Å²) in [5.41, 5.74) is -0.352. The number of nitrogens with one attached hydrogen (secondary N) is 1. The molecule has 1 rings (SSSR count). The SMILES string of the molecule is CC(C)(CCO)NC(=O)c1ccc(F)cn1. The van der Waals surface area contributed by atoms with Crippen LogP contribution in [0.5, 0.6) is 0 Å². The van der Waals surface area contributed by atoms with Gasteiger partial charge in [-0.2, -0.15) is 0 Å². The van der Waals surface area contributed by atoms with Gasteiger partial charge >= 0.3 is 0 Å². The number of carbonyl (C=O) groups is 1. The van der Waals surface area contributed by atoms with E-state index in [0.717, 1.165) is 6.20 Å². The van der Waals surface area contributed by atoms with Crippen molar-refractivity contribution >= 4 is 5.91 Å². The summed E-state index contributed by atoms with van der Waals surface area (Å²) in [6, 6.07) is 2.50. The topological polar surface area (TPSA) is 62.2 Å². The number of aromatic nitrogens is 1. The average molecular weight is 226 g/mol. The fourth-order valence-electron chi connectivity index (χ4n) is 1.22. The van der Waals surface area contributed by atoms with Crippen molar-refractivity contribution in [3.05, 3.63) is 29.8 Å². The lowest BCUT2D eigenvalue weighted by Gasteiger charge is -2.24. The van der Waals surface area contributed by atoms with Crippen molar-refractivity contribution in [3.63, 3.8) is 0 Å². The van der Waals surface area contributed by atoms with Crippen molar-refractivity contribution in [2.45, 2.75) is 25.8 Å². The van der Waals surface area contributed by atoms with E-state index in [1.807, 2.05) is 0 Å². The lowest BCUT2D eigenvalue weighted by Crippen LogP contribution is -2.44. The molecule has 0 unspecified atom stereocenters. The molecule has 88 valence electrons. The number of pyridine rings is 1. The molecule has 4 nitrogen and oxygen atoms in total. The van der Waals surface area contributed by atoms with Gasteiger partial charge in [0.1, 0.15) is 11.5 Å². The van der Waals surface area contributed by atoms with Crippen LogP contribution in [-0.2, 0) is 0 Å². The van der Waals surface area contributed by atoms with E-state index in [-0.39, 0.29) is 18.2 Å². The molecule has 1 aromatic rings. The zero-order valence-electron chi connectivity index (χ0n) is 9.33. The second-order valence-electron chi connectivity index (χ2n) is 4.17. The molecule has 0 radical (unpaired) electrons. The van der Waals surface area contributed by atoms with Crippen LogP contribution in [-0.4, -0.2) is 28.1 Å². The second kappa shape index (κ2) is 5.03. The Labute approximate surface area is 93.5 Å². The third kappa shape index (κ3) is 3.58. The summed E-state index contributed by atoms with van der Waals surface area (Å²) in [6.07, 6.45) is 1.44. The Kier molecular flexibility index (Phi) is 3.95. The van der Waals surface area contributed by atoms with E-state index in [0.29, 0.717) is 6.42 Å². The summed E-state index contributed by atoms with van der Waals surface area (Å²) in [6.45, 7) is 3.58. The van der Waals surface area contributed by atoms with Gasteiger partial charge in [0.15, 0.2) is 0 Å². The molecule has 0 atom stereocenters. The van der Waals surface area contributed by atoms with Crippen molar-refractivity contribution in [2.24, 2.45) is 0 Å². The van der Waals surface area contributed by atoms with Gasteiger partial charge in [-0.3, -0.25) is 4.79 Å². The number of rotatable bonds is 4. The summed E-state index contributed by atoms with van der Waals surface area (Å²) in [5.74, 6) is -0.857. The number of halogens is 1. The van der Waals surface area contributed by atoms with Crippen LogP contribution in [0, 0.1) is 5.82 Å².